The second kappa shape index (κ2) is 4.76. The third-order valence-electron chi connectivity index (χ3n) is 4.04. The van der Waals surface area contributed by atoms with Crippen LogP contribution in [-0.2, 0) is 9.84 Å². The van der Waals surface area contributed by atoms with Crippen LogP contribution in [0.2, 0.25) is 0 Å². The third-order valence-corrected chi connectivity index (χ3v) is 5.93. The highest BCUT2D eigenvalue weighted by atomic mass is 32.2. The molecule has 0 unspecified atom stereocenters. The smallest absolute Gasteiger partial charge is 0.204 e. The zero-order valence-electron chi connectivity index (χ0n) is 11.1. The number of fused-ring (bicyclic) bond motifs is 1. The van der Waals surface area contributed by atoms with Gasteiger partial charge in [0.1, 0.15) is 0 Å². The highest BCUT2D eigenvalue weighted by molar-refractivity contribution is 7.95. The maximum absolute atomic E-state index is 12.4. The second-order valence-electron chi connectivity index (χ2n) is 5.52. The lowest BCUT2D eigenvalue weighted by Gasteiger charge is -2.12. The Morgan fingerprint density at radius 2 is 2.00 bits per heavy atom. The summed E-state index contributed by atoms with van der Waals surface area (Å²) in [4.78, 5) is 0.982. The minimum Gasteiger partial charge on any atom is -0.309 e. The van der Waals surface area contributed by atoms with Crippen LogP contribution in [0.5, 0.6) is 0 Å². The van der Waals surface area contributed by atoms with Crippen molar-refractivity contribution in [1.29, 1.82) is 0 Å². The van der Waals surface area contributed by atoms with Gasteiger partial charge in [-0.05, 0) is 43.0 Å². The summed E-state index contributed by atoms with van der Waals surface area (Å²) >= 11 is 0. The largest absolute Gasteiger partial charge is 0.309 e. The lowest BCUT2D eigenvalue weighted by Crippen LogP contribution is -2.29. The van der Waals surface area contributed by atoms with Crippen LogP contribution >= 0.6 is 0 Å². The van der Waals surface area contributed by atoms with Crippen molar-refractivity contribution >= 4 is 15.9 Å². The summed E-state index contributed by atoms with van der Waals surface area (Å²) < 4.78 is 24.9. The Morgan fingerprint density at radius 1 is 1.26 bits per heavy atom. The Balaban J connectivity index is 1.81. The molecular formula is C15H19NO2S. The topological polar surface area (TPSA) is 46.2 Å². The van der Waals surface area contributed by atoms with Gasteiger partial charge in [0, 0.05) is 12.6 Å². The second-order valence-corrected chi connectivity index (χ2v) is 7.49. The first-order valence-electron chi connectivity index (χ1n) is 6.87. The maximum Gasteiger partial charge on any atom is 0.204 e. The molecule has 4 heteroatoms. The molecule has 0 radical (unpaired) electrons. The van der Waals surface area contributed by atoms with E-state index in [2.05, 4.69) is 5.32 Å². The summed E-state index contributed by atoms with van der Waals surface area (Å²) in [5, 5.41) is 3.38. The van der Waals surface area contributed by atoms with E-state index < -0.39 is 9.84 Å². The molecule has 0 aromatic heterocycles. The maximum atomic E-state index is 12.4. The van der Waals surface area contributed by atoms with Crippen molar-refractivity contribution in [2.45, 2.75) is 43.5 Å². The molecule has 0 atom stereocenters. The van der Waals surface area contributed by atoms with Crippen LogP contribution < -0.4 is 5.32 Å². The Bertz CT molecular complexity index is 626. The van der Waals surface area contributed by atoms with E-state index >= 15 is 0 Å². The van der Waals surface area contributed by atoms with E-state index in [0.717, 1.165) is 11.1 Å². The molecule has 1 aliphatic carbocycles. The van der Waals surface area contributed by atoms with Crippen molar-refractivity contribution in [3.8, 4) is 0 Å². The predicted molar refractivity (Wildman–Crippen MR) is 76.6 cm³/mol. The number of aryl methyl sites for hydroxylation is 1. The molecule has 1 aromatic carbocycles. The average Bonchev–Trinajstić information content (AvgIpc) is 2.95. The van der Waals surface area contributed by atoms with Crippen LogP contribution in [0, 0.1) is 6.92 Å². The lowest BCUT2D eigenvalue weighted by molar-refractivity contribution is 0.550. The van der Waals surface area contributed by atoms with Crippen molar-refractivity contribution in [2.75, 3.05) is 6.54 Å². The monoisotopic (exact) mass is 277 g/mol. The first kappa shape index (κ1) is 12.9. The molecule has 19 heavy (non-hydrogen) atoms. The molecule has 1 saturated carbocycles. The SMILES string of the molecule is Cc1ccc2c(c1)S(=O)(=O)C(CNC1CCCC1)=C2. The standard InChI is InChI=1S/C15H19NO2S/c1-11-6-7-12-9-14(19(17,18)15(12)8-11)10-16-13-4-2-3-5-13/h6-9,13,16H,2-5,10H2,1H3. The van der Waals surface area contributed by atoms with Gasteiger partial charge in [0.2, 0.25) is 9.84 Å². The van der Waals surface area contributed by atoms with Crippen LogP contribution in [0.15, 0.2) is 28.0 Å². The fourth-order valence-electron chi connectivity index (χ4n) is 2.91. The van der Waals surface area contributed by atoms with Crippen LogP contribution in [0.25, 0.3) is 6.08 Å². The first-order valence-corrected chi connectivity index (χ1v) is 8.35. The molecule has 3 nitrogen and oxygen atoms in total. The van der Waals surface area contributed by atoms with Gasteiger partial charge in [-0.15, -0.1) is 0 Å². The minimum absolute atomic E-state index is 0.459. The molecule has 1 heterocycles. The molecule has 102 valence electrons. The molecule has 1 fully saturated rings. The fraction of sp³-hybridized carbons (Fsp3) is 0.467. The molecule has 1 aromatic rings. The van der Waals surface area contributed by atoms with Crippen molar-refractivity contribution in [1.82, 2.24) is 5.32 Å². The number of benzene rings is 1. The van der Waals surface area contributed by atoms with Gasteiger partial charge in [0.15, 0.2) is 0 Å². The van der Waals surface area contributed by atoms with Gasteiger partial charge in [0.25, 0.3) is 0 Å². The molecule has 3 rings (SSSR count). The number of nitrogens with one attached hydrogen (secondary N) is 1. The Labute approximate surface area is 114 Å². The molecule has 2 aliphatic rings. The van der Waals surface area contributed by atoms with E-state index in [9.17, 15) is 8.42 Å². The molecule has 0 amide bonds. The average molecular weight is 277 g/mol. The zero-order valence-corrected chi connectivity index (χ0v) is 12.0. The molecular weight excluding hydrogens is 258 g/mol. The lowest BCUT2D eigenvalue weighted by atomic mass is 10.1. The third kappa shape index (κ3) is 2.35. The Kier molecular flexibility index (Phi) is 3.23. The first-order chi connectivity index (χ1) is 9.07. The number of hydrogen-bond donors (Lipinski definition) is 1. The van der Waals surface area contributed by atoms with Gasteiger partial charge in [-0.3, -0.25) is 0 Å². The van der Waals surface area contributed by atoms with Gasteiger partial charge >= 0.3 is 0 Å². The number of hydrogen-bond acceptors (Lipinski definition) is 3. The Hall–Kier alpha value is -1.13. The van der Waals surface area contributed by atoms with E-state index in [1.807, 2.05) is 25.1 Å². The molecule has 0 saturated heterocycles. The molecule has 0 bridgehead atoms. The highest BCUT2D eigenvalue weighted by Gasteiger charge is 2.29. The summed E-state index contributed by atoms with van der Waals surface area (Å²) in [5.41, 5.74) is 1.81. The molecule has 1 N–H and O–H groups in total. The van der Waals surface area contributed by atoms with Crippen LogP contribution in [0.3, 0.4) is 0 Å². The van der Waals surface area contributed by atoms with Crippen molar-refractivity contribution in [2.24, 2.45) is 0 Å². The van der Waals surface area contributed by atoms with Gasteiger partial charge < -0.3 is 5.32 Å². The van der Waals surface area contributed by atoms with E-state index in [-0.39, 0.29) is 0 Å². The molecule has 0 spiro atoms. The van der Waals surface area contributed by atoms with Crippen LogP contribution in [0.1, 0.15) is 36.8 Å². The zero-order chi connectivity index (χ0) is 13.5. The summed E-state index contributed by atoms with van der Waals surface area (Å²) in [6, 6.07) is 6.11. The quantitative estimate of drug-likeness (QED) is 0.924. The van der Waals surface area contributed by atoms with E-state index in [1.54, 1.807) is 6.07 Å². The van der Waals surface area contributed by atoms with E-state index in [1.165, 1.54) is 25.7 Å². The molecule has 1 aliphatic heterocycles. The van der Waals surface area contributed by atoms with E-state index in [4.69, 9.17) is 0 Å². The summed E-state index contributed by atoms with van der Waals surface area (Å²) in [6.07, 6.45) is 6.65. The highest BCUT2D eigenvalue weighted by Crippen LogP contribution is 2.33. The van der Waals surface area contributed by atoms with Crippen molar-refractivity contribution < 1.29 is 8.42 Å². The number of sulfone groups is 1. The summed E-state index contributed by atoms with van der Waals surface area (Å²) in [6.45, 7) is 2.38. The van der Waals surface area contributed by atoms with Gasteiger partial charge in [-0.25, -0.2) is 8.42 Å². The fourth-order valence-corrected chi connectivity index (χ4v) is 4.52. The van der Waals surface area contributed by atoms with Gasteiger partial charge in [-0.2, -0.15) is 0 Å². The Morgan fingerprint density at radius 3 is 2.74 bits per heavy atom. The number of rotatable bonds is 3. The van der Waals surface area contributed by atoms with Crippen LogP contribution in [0.4, 0.5) is 0 Å². The van der Waals surface area contributed by atoms with Crippen LogP contribution in [-0.4, -0.2) is 21.0 Å². The predicted octanol–water partition coefficient (Wildman–Crippen LogP) is 2.66. The van der Waals surface area contributed by atoms with Gasteiger partial charge in [0.05, 0.1) is 9.80 Å². The van der Waals surface area contributed by atoms with Gasteiger partial charge in [-0.1, -0.05) is 25.0 Å². The normalized spacial score (nSPS) is 21.4. The summed E-state index contributed by atoms with van der Waals surface area (Å²) in [5.74, 6) is 0. The minimum atomic E-state index is -3.26. The van der Waals surface area contributed by atoms with E-state index in [0.29, 0.717) is 22.4 Å². The van der Waals surface area contributed by atoms with Crippen molar-refractivity contribution in [3.63, 3.8) is 0 Å². The summed E-state index contributed by atoms with van der Waals surface area (Å²) in [7, 11) is -3.26. The van der Waals surface area contributed by atoms with Crippen molar-refractivity contribution in [3.05, 3.63) is 34.2 Å².